The van der Waals surface area contributed by atoms with Crippen molar-refractivity contribution in [2.24, 2.45) is 23.7 Å². The molecular formula is C44H46F3N5O5. The van der Waals surface area contributed by atoms with Crippen LogP contribution in [-0.2, 0) is 33.6 Å². The molecule has 4 aromatic rings. The highest BCUT2D eigenvalue weighted by atomic mass is 19.1. The van der Waals surface area contributed by atoms with Crippen molar-refractivity contribution in [3.05, 3.63) is 142 Å². The molecule has 3 N–H and O–H groups in total. The van der Waals surface area contributed by atoms with Crippen LogP contribution < -0.4 is 16.0 Å². The molecule has 0 radical (unpaired) electrons. The maximum absolute atomic E-state index is 13.8. The maximum atomic E-state index is 13.8. The molecule has 298 valence electrons. The first-order valence-electron chi connectivity index (χ1n) is 19.2. The smallest absolute Gasteiger partial charge is 0.253 e. The molecule has 4 aromatic carbocycles. The Morgan fingerprint density at radius 3 is 1.12 bits per heavy atom. The molecule has 2 aliphatic heterocycles. The Morgan fingerprint density at radius 1 is 0.474 bits per heavy atom. The van der Waals surface area contributed by atoms with Gasteiger partial charge >= 0.3 is 0 Å². The van der Waals surface area contributed by atoms with Gasteiger partial charge in [-0.05, 0) is 103 Å². The van der Waals surface area contributed by atoms with Crippen molar-refractivity contribution in [3.8, 4) is 0 Å². The second-order valence-electron chi connectivity index (χ2n) is 14.8. The molecule has 3 unspecified atom stereocenters. The molecule has 57 heavy (non-hydrogen) atoms. The van der Waals surface area contributed by atoms with Crippen LogP contribution in [0, 0.1) is 41.1 Å². The van der Waals surface area contributed by atoms with Crippen LogP contribution in [-0.4, -0.2) is 85.1 Å². The molecule has 2 saturated heterocycles. The Kier molecular flexibility index (Phi) is 13.4. The summed E-state index contributed by atoms with van der Waals surface area (Å²) in [7, 11) is 0. The summed E-state index contributed by atoms with van der Waals surface area (Å²) in [5.41, 5.74) is 3.20. The van der Waals surface area contributed by atoms with E-state index in [9.17, 15) is 37.1 Å². The van der Waals surface area contributed by atoms with E-state index < -0.39 is 17.7 Å². The van der Waals surface area contributed by atoms with Gasteiger partial charge in [-0.15, -0.1) is 0 Å². The number of likely N-dealkylation sites (tertiary alicyclic amines) is 2. The average Bonchev–Trinajstić information content (AvgIpc) is 3.84. The summed E-state index contributed by atoms with van der Waals surface area (Å²) < 4.78 is 39.9. The summed E-state index contributed by atoms with van der Waals surface area (Å²) in [6.07, 6.45) is 1.45. The van der Waals surface area contributed by atoms with Crippen LogP contribution in [0.25, 0.3) is 0 Å². The first kappa shape index (κ1) is 40.7. The van der Waals surface area contributed by atoms with E-state index in [0.717, 1.165) is 16.7 Å². The van der Waals surface area contributed by atoms with Crippen molar-refractivity contribution < 1.29 is 37.1 Å². The molecule has 0 bridgehead atoms. The zero-order chi connectivity index (χ0) is 40.5. The third-order valence-corrected chi connectivity index (χ3v) is 10.8. The van der Waals surface area contributed by atoms with E-state index in [1.807, 2.05) is 6.92 Å². The highest BCUT2D eigenvalue weighted by Crippen LogP contribution is 2.28. The average molecular weight is 782 g/mol. The molecule has 13 heteroatoms. The number of amides is 5. The number of rotatable bonds is 14. The lowest BCUT2D eigenvalue weighted by Crippen LogP contribution is -2.42. The predicted molar refractivity (Wildman–Crippen MR) is 207 cm³/mol. The molecule has 4 atom stereocenters. The number of hydrogen-bond donors (Lipinski definition) is 3. The third-order valence-electron chi connectivity index (χ3n) is 10.8. The molecule has 0 saturated carbocycles. The molecule has 5 amide bonds. The van der Waals surface area contributed by atoms with Crippen LogP contribution in [0.3, 0.4) is 0 Å². The molecule has 0 aliphatic carbocycles. The van der Waals surface area contributed by atoms with Crippen LogP contribution in [0.15, 0.2) is 97.1 Å². The van der Waals surface area contributed by atoms with Gasteiger partial charge in [0.1, 0.15) is 17.5 Å². The Bertz CT molecular complexity index is 1970. The largest absolute Gasteiger partial charge is 0.355 e. The lowest BCUT2D eigenvalue weighted by molar-refractivity contribution is -0.132. The highest BCUT2D eigenvalue weighted by molar-refractivity contribution is 5.99. The molecule has 0 aromatic heterocycles. The number of carbonyl (C=O) groups excluding carboxylic acids is 5. The van der Waals surface area contributed by atoms with Crippen LogP contribution in [0.1, 0.15) is 44.3 Å². The number of nitrogens with zero attached hydrogens (tertiary/aromatic N) is 2. The summed E-state index contributed by atoms with van der Waals surface area (Å²) in [5, 5.41) is 8.68. The Labute approximate surface area is 329 Å². The van der Waals surface area contributed by atoms with E-state index in [4.69, 9.17) is 0 Å². The summed E-state index contributed by atoms with van der Waals surface area (Å²) in [4.78, 5) is 70.3. The van der Waals surface area contributed by atoms with Crippen LogP contribution in [0.5, 0.6) is 0 Å². The number of benzene rings is 4. The van der Waals surface area contributed by atoms with Crippen molar-refractivity contribution in [1.29, 1.82) is 0 Å². The molecular weight excluding hydrogens is 736 g/mol. The fraction of sp³-hybridized carbons (Fsp3) is 0.341. The molecule has 0 spiro atoms. The van der Waals surface area contributed by atoms with Crippen molar-refractivity contribution in [2.45, 2.75) is 26.2 Å². The molecule has 6 rings (SSSR count). The number of hydrogen-bond acceptors (Lipinski definition) is 5. The monoisotopic (exact) mass is 781 g/mol. The Hall–Kier alpha value is -5.98. The van der Waals surface area contributed by atoms with E-state index in [0.29, 0.717) is 37.9 Å². The van der Waals surface area contributed by atoms with E-state index in [-0.39, 0.29) is 91.2 Å². The quantitative estimate of drug-likeness (QED) is 0.173. The zero-order valence-electron chi connectivity index (χ0n) is 31.7. The van der Waals surface area contributed by atoms with Crippen LogP contribution >= 0.6 is 0 Å². The summed E-state index contributed by atoms with van der Waals surface area (Å²) in [6.45, 7) is 3.45. The van der Waals surface area contributed by atoms with E-state index in [1.165, 1.54) is 41.3 Å². The van der Waals surface area contributed by atoms with Gasteiger partial charge in [0.25, 0.3) is 11.8 Å². The van der Waals surface area contributed by atoms with Gasteiger partial charge in [0.05, 0.1) is 17.8 Å². The minimum atomic E-state index is -0.834. The van der Waals surface area contributed by atoms with Crippen molar-refractivity contribution in [3.63, 3.8) is 0 Å². The normalized spacial score (nSPS) is 18.9. The van der Waals surface area contributed by atoms with Crippen molar-refractivity contribution in [2.75, 3.05) is 45.8 Å². The standard InChI is InChI=1S/C44H46F3N5O5/c1-28-24-51(25-37(28)40(53)48-21-18-29-2-12-34(45)13-3-29)43(56)32-8-10-33(11-9-32)44(57)52-26-38(41(54)49-22-19-30-4-14-35(46)15-5-30)39(27-52)42(55)50-23-20-31-6-16-36(47)17-7-31/h2-17,28,37-39H,18-27H2,1H3,(H,48,53)(H,49,54)(H,50,55)/t28?,37?,38-,39?/m1/s1. The van der Waals surface area contributed by atoms with Gasteiger partial charge in [-0.3, -0.25) is 24.0 Å². The fourth-order valence-electron chi connectivity index (χ4n) is 7.43. The molecule has 2 heterocycles. The van der Waals surface area contributed by atoms with Crippen molar-refractivity contribution >= 4 is 29.5 Å². The molecule has 10 nitrogen and oxygen atoms in total. The highest BCUT2D eigenvalue weighted by Gasteiger charge is 2.43. The first-order valence-corrected chi connectivity index (χ1v) is 19.2. The minimum absolute atomic E-state index is 0.00301. The van der Waals surface area contributed by atoms with Gasteiger partial charge in [0, 0.05) is 56.9 Å². The van der Waals surface area contributed by atoms with E-state index in [2.05, 4.69) is 16.0 Å². The number of carbonyl (C=O) groups is 5. The van der Waals surface area contributed by atoms with Crippen molar-refractivity contribution in [1.82, 2.24) is 25.8 Å². The zero-order valence-corrected chi connectivity index (χ0v) is 31.7. The van der Waals surface area contributed by atoms with Gasteiger partial charge in [0.2, 0.25) is 17.7 Å². The number of nitrogens with one attached hydrogen (secondary N) is 3. The van der Waals surface area contributed by atoms with E-state index >= 15 is 0 Å². The van der Waals surface area contributed by atoms with Crippen LogP contribution in [0.4, 0.5) is 13.2 Å². The van der Waals surface area contributed by atoms with Crippen LogP contribution in [0.2, 0.25) is 0 Å². The lowest BCUT2D eigenvalue weighted by atomic mass is 9.94. The summed E-state index contributed by atoms with van der Waals surface area (Å²) in [5.74, 6) is -4.74. The van der Waals surface area contributed by atoms with Gasteiger partial charge in [-0.1, -0.05) is 43.3 Å². The lowest BCUT2D eigenvalue weighted by Gasteiger charge is -2.18. The minimum Gasteiger partial charge on any atom is -0.355 e. The Morgan fingerprint density at radius 2 is 0.772 bits per heavy atom. The second kappa shape index (κ2) is 18.8. The maximum Gasteiger partial charge on any atom is 0.253 e. The summed E-state index contributed by atoms with van der Waals surface area (Å²) in [6, 6.07) is 24.2. The van der Waals surface area contributed by atoms with E-state index in [1.54, 1.807) is 65.6 Å². The molecule has 2 fully saturated rings. The summed E-state index contributed by atoms with van der Waals surface area (Å²) >= 11 is 0. The topological polar surface area (TPSA) is 128 Å². The SMILES string of the molecule is CC1CN(C(=O)c2ccc(C(=O)N3CC(C(=O)NCCc4ccc(F)cc4)[C@H](C(=O)NCCc4ccc(F)cc4)C3)cc2)CC1C(=O)NCCc1ccc(F)cc1. The predicted octanol–water partition coefficient (Wildman–Crippen LogP) is 4.58. The first-order chi connectivity index (χ1) is 27.4. The second-order valence-corrected chi connectivity index (χ2v) is 14.8. The molecule has 2 aliphatic rings. The van der Waals surface area contributed by atoms with Gasteiger partial charge in [0.15, 0.2) is 0 Å². The third kappa shape index (κ3) is 10.7. The number of halogens is 3. The van der Waals surface area contributed by atoms with Gasteiger partial charge in [-0.25, -0.2) is 13.2 Å². The van der Waals surface area contributed by atoms with Gasteiger partial charge < -0.3 is 25.8 Å². The fourth-order valence-corrected chi connectivity index (χ4v) is 7.43. The van der Waals surface area contributed by atoms with Gasteiger partial charge in [-0.2, -0.15) is 0 Å². The Balaban J connectivity index is 1.05.